The van der Waals surface area contributed by atoms with Crippen molar-refractivity contribution in [2.24, 2.45) is 0 Å². The standard InChI is InChI=1S/C19H22N2O3S/c1-12-10-15(11-18(13(12)2)25(23,24)20-3)19(22)21-17-9-8-14-6-4-5-7-16(14)17/h4-7,10-11,17,20H,8-9H2,1-3H3,(H,21,22)/t17-/m0/s1. The van der Waals surface area contributed by atoms with Crippen LogP contribution in [0.4, 0.5) is 0 Å². The minimum atomic E-state index is -3.61. The smallest absolute Gasteiger partial charge is 0.251 e. The summed E-state index contributed by atoms with van der Waals surface area (Å²) in [5.74, 6) is -0.252. The van der Waals surface area contributed by atoms with Crippen LogP contribution in [0.2, 0.25) is 0 Å². The Labute approximate surface area is 148 Å². The van der Waals surface area contributed by atoms with Gasteiger partial charge in [-0.2, -0.15) is 0 Å². The summed E-state index contributed by atoms with van der Waals surface area (Å²) >= 11 is 0. The Morgan fingerprint density at radius 3 is 2.60 bits per heavy atom. The number of hydrogen-bond donors (Lipinski definition) is 2. The summed E-state index contributed by atoms with van der Waals surface area (Å²) in [7, 11) is -2.25. The van der Waals surface area contributed by atoms with Gasteiger partial charge in [0.2, 0.25) is 10.0 Å². The molecule has 2 aromatic carbocycles. The van der Waals surface area contributed by atoms with E-state index in [9.17, 15) is 13.2 Å². The van der Waals surface area contributed by atoms with Crippen molar-refractivity contribution in [3.63, 3.8) is 0 Å². The molecule has 0 bridgehead atoms. The van der Waals surface area contributed by atoms with Crippen molar-refractivity contribution in [1.82, 2.24) is 10.0 Å². The minimum Gasteiger partial charge on any atom is -0.345 e. The Morgan fingerprint density at radius 2 is 1.88 bits per heavy atom. The van der Waals surface area contributed by atoms with Gasteiger partial charge in [0, 0.05) is 5.56 Å². The minimum absolute atomic E-state index is 0.0327. The number of hydrogen-bond acceptors (Lipinski definition) is 3. The zero-order valence-corrected chi connectivity index (χ0v) is 15.4. The summed E-state index contributed by atoms with van der Waals surface area (Å²) in [6, 6.07) is 11.2. The van der Waals surface area contributed by atoms with Crippen LogP contribution in [0.3, 0.4) is 0 Å². The zero-order chi connectivity index (χ0) is 18.2. The summed E-state index contributed by atoms with van der Waals surface area (Å²) in [6.07, 6.45) is 1.80. The predicted octanol–water partition coefficient (Wildman–Crippen LogP) is 2.63. The molecule has 3 rings (SSSR count). The van der Waals surface area contributed by atoms with Gasteiger partial charge in [0.1, 0.15) is 0 Å². The Hall–Kier alpha value is -2.18. The number of aryl methyl sites for hydroxylation is 2. The molecule has 0 aromatic heterocycles. The first-order valence-electron chi connectivity index (χ1n) is 8.27. The van der Waals surface area contributed by atoms with Crippen LogP contribution >= 0.6 is 0 Å². The van der Waals surface area contributed by atoms with Crippen LogP contribution in [0, 0.1) is 13.8 Å². The van der Waals surface area contributed by atoms with E-state index in [1.165, 1.54) is 18.7 Å². The fraction of sp³-hybridized carbons (Fsp3) is 0.316. The van der Waals surface area contributed by atoms with Crippen molar-refractivity contribution in [1.29, 1.82) is 0 Å². The Bertz CT molecular complexity index is 936. The van der Waals surface area contributed by atoms with E-state index in [1.807, 2.05) is 25.1 Å². The number of benzene rings is 2. The first-order valence-corrected chi connectivity index (χ1v) is 9.75. The van der Waals surface area contributed by atoms with Crippen molar-refractivity contribution in [3.05, 3.63) is 64.2 Å². The molecule has 132 valence electrons. The van der Waals surface area contributed by atoms with Crippen molar-refractivity contribution >= 4 is 15.9 Å². The number of nitrogens with one attached hydrogen (secondary N) is 2. The second-order valence-electron chi connectivity index (χ2n) is 6.39. The maximum absolute atomic E-state index is 12.7. The molecule has 0 heterocycles. The van der Waals surface area contributed by atoms with Gasteiger partial charge < -0.3 is 5.32 Å². The molecule has 1 amide bonds. The molecule has 25 heavy (non-hydrogen) atoms. The molecule has 0 aliphatic heterocycles. The van der Waals surface area contributed by atoms with Crippen LogP contribution in [0.25, 0.3) is 0 Å². The van der Waals surface area contributed by atoms with Crippen LogP contribution in [0.1, 0.15) is 45.1 Å². The van der Waals surface area contributed by atoms with Crippen LogP contribution in [0.5, 0.6) is 0 Å². The molecule has 0 unspecified atom stereocenters. The fourth-order valence-corrected chi connectivity index (χ4v) is 4.36. The maximum atomic E-state index is 12.7. The van der Waals surface area contributed by atoms with Gasteiger partial charge in [-0.05, 0) is 68.1 Å². The van der Waals surface area contributed by atoms with E-state index < -0.39 is 10.0 Å². The van der Waals surface area contributed by atoms with E-state index in [0.717, 1.165) is 24.0 Å². The van der Waals surface area contributed by atoms with Crippen molar-refractivity contribution in [2.75, 3.05) is 7.05 Å². The van der Waals surface area contributed by atoms with Gasteiger partial charge in [-0.15, -0.1) is 0 Å². The lowest BCUT2D eigenvalue weighted by molar-refractivity contribution is 0.0936. The number of fused-ring (bicyclic) bond motifs is 1. The lowest BCUT2D eigenvalue weighted by Crippen LogP contribution is -2.28. The Morgan fingerprint density at radius 1 is 1.16 bits per heavy atom. The van der Waals surface area contributed by atoms with Crippen molar-refractivity contribution in [3.8, 4) is 0 Å². The molecular formula is C19H22N2O3S. The van der Waals surface area contributed by atoms with Crippen molar-refractivity contribution < 1.29 is 13.2 Å². The van der Waals surface area contributed by atoms with Crippen LogP contribution in [0.15, 0.2) is 41.3 Å². The average Bonchev–Trinajstić information content (AvgIpc) is 3.00. The zero-order valence-electron chi connectivity index (χ0n) is 14.6. The molecule has 0 saturated heterocycles. The first-order chi connectivity index (χ1) is 11.8. The predicted molar refractivity (Wildman–Crippen MR) is 97.1 cm³/mol. The molecule has 1 atom stereocenters. The quantitative estimate of drug-likeness (QED) is 0.882. The van der Waals surface area contributed by atoms with Crippen LogP contribution < -0.4 is 10.0 Å². The molecule has 1 aliphatic carbocycles. The third-order valence-electron chi connectivity index (χ3n) is 4.88. The molecule has 0 spiro atoms. The molecule has 0 saturated carbocycles. The van der Waals surface area contributed by atoms with Gasteiger partial charge in [-0.25, -0.2) is 13.1 Å². The Kier molecular flexibility index (Phi) is 4.67. The number of carbonyl (C=O) groups excluding carboxylic acids is 1. The third-order valence-corrected chi connectivity index (χ3v) is 6.42. The second-order valence-corrected chi connectivity index (χ2v) is 8.24. The SMILES string of the molecule is CNS(=O)(=O)c1cc(C(=O)N[C@H]2CCc3ccccc32)cc(C)c1C. The van der Waals surface area contributed by atoms with Crippen LogP contribution in [-0.2, 0) is 16.4 Å². The van der Waals surface area contributed by atoms with Gasteiger partial charge in [0.15, 0.2) is 0 Å². The number of rotatable bonds is 4. The number of sulfonamides is 1. The lowest BCUT2D eigenvalue weighted by Gasteiger charge is -2.16. The highest BCUT2D eigenvalue weighted by molar-refractivity contribution is 7.89. The fourth-order valence-electron chi connectivity index (χ4n) is 3.30. The van der Waals surface area contributed by atoms with Crippen LogP contribution in [-0.4, -0.2) is 21.4 Å². The molecule has 5 nitrogen and oxygen atoms in total. The summed E-state index contributed by atoms with van der Waals surface area (Å²) in [6.45, 7) is 3.56. The highest BCUT2D eigenvalue weighted by Crippen LogP contribution is 2.31. The first kappa shape index (κ1) is 17.6. The lowest BCUT2D eigenvalue weighted by atomic mass is 10.0. The maximum Gasteiger partial charge on any atom is 0.251 e. The van der Waals surface area contributed by atoms with E-state index in [2.05, 4.69) is 16.1 Å². The molecule has 1 aliphatic rings. The largest absolute Gasteiger partial charge is 0.345 e. The third kappa shape index (κ3) is 3.32. The second kappa shape index (κ2) is 6.61. The van der Waals surface area contributed by atoms with E-state index >= 15 is 0 Å². The van der Waals surface area contributed by atoms with Gasteiger partial charge in [0.25, 0.3) is 5.91 Å². The normalized spacial score (nSPS) is 16.5. The summed E-state index contributed by atoms with van der Waals surface area (Å²) in [5.41, 5.74) is 4.18. The van der Waals surface area contributed by atoms with Gasteiger partial charge in [0.05, 0.1) is 10.9 Å². The van der Waals surface area contributed by atoms with E-state index in [0.29, 0.717) is 11.1 Å². The highest BCUT2D eigenvalue weighted by atomic mass is 32.2. The van der Waals surface area contributed by atoms with Gasteiger partial charge in [-0.3, -0.25) is 4.79 Å². The van der Waals surface area contributed by atoms with Crippen molar-refractivity contribution in [2.45, 2.75) is 37.6 Å². The van der Waals surface area contributed by atoms with E-state index in [1.54, 1.807) is 13.0 Å². The molecule has 6 heteroatoms. The highest BCUT2D eigenvalue weighted by Gasteiger charge is 2.25. The molecular weight excluding hydrogens is 336 g/mol. The Balaban J connectivity index is 1.91. The summed E-state index contributed by atoms with van der Waals surface area (Å²) in [5, 5.41) is 3.04. The average molecular weight is 358 g/mol. The molecule has 0 fully saturated rings. The monoisotopic (exact) mass is 358 g/mol. The number of carbonyl (C=O) groups is 1. The van der Waals surface area contributed by atoms with Gasteiger partial charge in [-0.1, -0.05) is 24.3 Å². The summed E-state index contributed by atoms with van der Waals surface area (Å²) in [4.78, 5) is 12.9. The number of amides is 1. The summed E-state index contributed by atoms with van der Waals surface area (Å²) < 4.78 is 26.7. The topological polar surface area (TPSA) is 75.3 Å². The van der Waals surface area contributed by atoms with E-state index in [4.69, 9.17) is 0 Å². The van der Waals surface area contributed by atoms with E-state index in [-0.39, 0.29) is 16.8 Å². The molecule has 2 N–H and O–H groups in total. The molecule has 2 aromatic rings. The molecule has 0 radical (unpaired) electrons. The van der Waals surface area contributed by atoms with Gasteiger partial charge >= 0.3 is 0 Å².